The summed E-state index contributed by atoms with van der Waals surface area (Å²) in [4.78, 5) is 14.0. The number of hydrogen-bond acceptors (Lipinski definition) is 6. The Morgan fingerprint density at radius 3 is 2.58 bits per heavy atom. The second-order valence-electron chi connectivity index (χ2n) is 5.94. The van der Waals surface area contributed by atoms with Crippen molar-refractivity contribution in [1.29, 1.82) is 0 Å². The van der Waals surface area contributed by atoms with Crippen molar-refractivity contribution in [3.05, 3.63) is 36.0 Å². The molecule has 0 radical (unpaired) electrons. The Morgan fingerprint density at radius 2 is 1.88 bits per heavy atom. The van der Waals surface area contributed by atoms with E-state index in [0.717, 1.165) is 55.7 Å². The van der Waals surface area contributed by atoms with Crippen molar-refractivity contribution in [2.45, 2.75) is 13.8 Å². The number of anilines is 3. The van der Waals surface area contributed by atoms with Crippen LogP contribution in [0, 0.1) is 6.92 Å². The molecule has 6 heteroatoms. The molecular weight excluding hydrogens is 302 g/mol. The highest BCUT2D eigenvalue weighted by atomic mass is 16.5. The van der Waals surface area contributed by atoms with Gasteiger partial charge < -0.3 is 19.9 Å². The largest absolute Gasteiger partial charge is 0.495 e. The molecule has 0 saturated carbocycles. The van der Waals surface area contributed by atoms with Gasteiger partial charge in [-0.05, 0) is 25.6 Å². The zero-order valence-corrected chi connectivity index (χ0v) is 14.6. The van der Waals surface area contributed by atoms with Crippen molar-refractivity contribution in [1.82, 2.24) is 14.9 Å². The van der Waals surface area contributed by atoms with Gasteiger partial charge in [0.05, 0.1) is 12.8 Å². The first kappa shape index (κ1) is 16.5. The molecule has 6 nitrogen and oxygen atoms in total. The monoisotopic (exact) mass is 327 g/mol. The minimum absolute atomic E-state index is 0.604. The fourth-order valence-corrected chi connectivity index (χ4v) is 2.93. The van der Waals surface area contributed by atoms with Crippen molar-refractivity contribution in [2.24, 2.45) is 0 Å². The summed E-state index contributed by atoms with van der Waals surface area (Å²) in [7, 11) is 1.66. The van der Waals surface area contributed by atoms with E-state index in [9.17, 15) is 0 Å². The van der Waals surface area contributed by atoms with Gasteiger partial charge in [0.1, 0.15) is 11.6 Å². The molecule has 1 aromatic carbocycles. The van der Waals surface area contributed by atoms with Crippen LogP contribution < -0.4 is 15.0 Å². The SMILES string of the molecule is CCN1CCN(c2cc(C)nc(Nc3ccccc3OC)n2)CC1. The molecule has 1 saturated heterocycles. The highest BCUT2D eigenvalue weighted by Crippen LogP contribution is 2.26. The molecular formula is C18H25N5O. The summed E-state index contributed by atoms with van der Waals surface area (Å²) >= 11 is 0. The van der Waals surface area contributed by atoms with Crippen LogP contribution in [0.3, 0.4) is 0 Å². The number of nitrogens with one attached hydrogen (secondary N) is 1. The predicted octanol–water partition coefficient (Wildman–Crippen LogP) is 2.68. The number of aromatic nitrogens is 2. The molecule has 0 amide bonds. The maximum Gasteiger partial charge on any atom is 0.229 e. The van der Waals surface area contributed by atoms with E-state index in [2.05, 4.69) is 33.1 Å². The average Bonchev–Trinajstić information content (AvgIpc) is 2.62. The maximum atomic E-state index is 5.38. The number of methoxy groups -OCH3 is 1. The summed E-state index contributed by atoms with van der Waals surface area (Å²) in [6.07, 6.45) is 0. The number of ether oxygens (including phenoxy) is 1. The van der Waals surface area contributed by atoms with E-state index in [1.807, 2.05) is 31.2 Å². The summed E-state index contributed by atoms with van der Waals surface area (Å²) < 4.78 is 5.38. The van der Waals surface area contributed by atoms with Crippen LogP contribution in [-0.4, -0.2) is 54.7 Å². The zero-order chi connectivity index (χ0) is 16.9. The Balaban J connectivity index is 1.79. The molecule has 0 spiro atoms. The Kier molecular flexibility index (Phi) is 5.15. The van der Waals surface area contributed by atoms with Gasteiger partial charge >= 0.3 is 0 Å². The number of nitrogens with zero attached hydrogens (tertiary/aromatic N) is 4. The third-order valence-electron chi connectivity index (χ3n) is 4.34. The molecule has 128 valence electrons. The molecule has 3 rings (SSSR count). The molecule has 2 heterocycles. The van der Waals surface area contributed by atoms with Crippen LogP contribution in [0.4, 0.5) is 17.5 Å². The van der Waals surface area contributed by atoms with Gasteiger partial charge in [0.15, 0.2) is 0 Å². The van der Waals surface area contributed by atoms with Crippen molar-refractivity contribution in [2.75, 3.05) is 50.1 Å². The zero-order valence-electron chi connectivity index (χ0n) is 14.6. The van der Waals surface area contributed by atoms with Crippen molar-refractivity contribution in [3.63, 3.8) is 0 Å². The van der Waals surface area contributed by atoms with Crippen LogP contribution in [0.2, 0.25) is 0 Å². The average molecular weight is 327 g/mol. The molecule has 0 atom stereocenters. The number of likely N-dealkylation sites (N-methyl/N-ethyl adjacent to an activating group) is 1. The van der Waals surface area contributed by atoms with E-state index in [-0.39, 0.29) is 0 Å². The van der Waals surface area contributed by atoms with Gasteiger partial charge in [0, 0.05) is 37.9 Å². The van der Waals surface area contributed by atoms with Gasteiger partial charge in [0.25, 0.3) is 0 Å². The van der Waals surface area contributed by atoms with Crippen molar-refractivity contribution >= 4 is 17.5 Å². The maximum absolute atomic E-state index is 5.38. The van der Waals surface area contributed by atoms with Gasteiger partial charge in [-0.3, -0.25) is 0 Å². The smallest absolute Gasteiger partial charge is 0.229 e. The second-order valence-corrected chi connectivity index (χ2v) is 5.94. The summed E-state index contributed by atoms with van der Waals surface area (Å²) in [6, 6.07) is 9.84. The quantitative estimate of drug-likeness (QED) is 0.911. The second kappa shape index (κ2) is 7.49. The van der Waals surface area contributed by atoms with E-state index in [1.165, 1.54) is 0 Å². The fourth-order valence-electron chi connectivity index (χ4n) is 2.93. The van der Waals surface area contributed by atoms with Crippen LogP contribution in [0.25, 0.3) is 0 Å². The topological polar surface area (TPSA) is 53.5 Å². The van der Waals surface area contributed by atoms with E-state index in [1.54, 1.807) is 7.11 Å². The Bertz CT molecular complexity index is 683. The Labute approximate surface area is 143 Å². The first-order valence-electron chi connectivity index (χ1n) is 8.42. The van der Waals surface area contributed by atoms with Crippen LogP contribution in [-0.2, 0) is 0 Å². The molecule has 1 N–H and O–H groups in total. The van der Waals surface area contributed by atoms with Crippen LogP contribution in [0.15, 0.2) is 30.3 Å². The lowest BCUT2D eigenvalue weighted by molar-refractivity contribution is 0.270. The Hall–Kier alpha value is -2.34. The molecule has 0 bridgehead atoms. The minimum Gasteiger partial charge on any atom is -0.495 e. The van der Waals surface area contributed by atoms with Crippen molar-refractivity contribution in [3.8, 4) is 5.75 Å². The molecule has 1 aliphatic heterocycles. The number of piperazine rings is 1. The predicted molar refractivity (Wildman–Crippen MR) is 97.4 cm³/mol. The number of benzene rings is 1. The van der Waals surface area contributed by atoms with E-state index < -0.39 is 0 Å². The third-order valence-corrected chi connectivity index (χ3v) is 4.34. The minimum atomic E-state index is 0.604. The number of rotatable bonds is 5. The van der Waals surface area contributed by atoms with Gasteiger partial charge in [0.2, 0.25) is 5.95 Å². The number of para-hydroxylation sites is 2. The normalized spacial score (nSPS) is 15.4. The molecule has 0 unspecified atom stereocenters. The highest BCUT2D eigenvalue weighted by Gasteiger charge is 2.18. The lowest BCUT2D eigenvalue weighted by Gasteiger charge is -2.34. The molecule has 1 fully saturated rings. The first-order chi connectivity index (χ1) is 11.7. The van der Waals surface area contributed by atoms with Gasteiger partial charge in [-0.15, -0.1) is 0 Å². The van der Waals surface area contributed by atoms with E-state index in [0.29, 0.717) is 5.95 Å². The number of hydrogen-bond donors (Lipinski definition) is 1. The highest BCUT2D eigenvalue weighted by molar-refractivity contribution is 5.63. The lowest BCUT2D eigenvalue weighted by atomic mass is 10.3. The summed E-state index contributed by atoms with van der Waals surface area (Å²) in [6.45, 7) is 9.47. The van der Waals surface area contributed by atoms with Crippen LogP contribution in [0.5, 0.6) is 5.75 Å². The standard InChI is InChI=1S/C18H25N5O/c1-4-22-9-11-23(12-10-22)17-13-14(2)19-18(21-17)20-15-7-5-6-8-16(15)24-3/h5-8,13H,4,9-12H2,1-3H3,(H,19,20,21). The molecule has 24 heavy (non-hydrogen) atoms. The summed E-state index contributed by atoms with van der Waals surface area (Å²) in [5, 5.41) is 3.28. The summed E-state index contributed by atoms with van der Waals surface area (Å²) in [5.41, 5.74) is 1.82. The number of aryl methyl sites for hydroxylation is 1. The molecule has 2 aromatic rings. The molecule has 1 aliphatic rings. The summed E-state index contributed by atoms with van der Waals surface area (Å²) in [5.74, 6) is 2.36. The van der Waals surface area contributed by atoms with Crippen molar-refractivity contribution < 1.29 is 4.74 Å². The van der Waals surface area contributed by atoms with Crippen LogP contribution in [0.1, 0.15) is 12.6 Å². The van der Waals surface area contributed by atoms with E-state index in [4.69, 9.17) is 9.72 Å². The lowest BCUT2D eigenvalue weighted by Crippen LogP contribution is -2.46. The van der Waals surface area contributed by atoms with Gasteiger partial charge in [-0.2, -0.15) is 4.98 Å². The van der Waals surface area contributed by atoms with Crippen LogP contribution >= 0.6 is 0 Å². The Morgan fingerprint density at radius 1 is 1.12 bits per heavy atom. The third kappa shape index (κ3) is 3.76. The fraction of sp³-hybridized carbons (Fsp3) is 0.444. The molecule has 1 aromatic heterocycles. The van der Waals surface area contributed by atoms with E-state index >= 15 is 0 Å². The van der Waals surface area contributed by atoms with Gasteiger partial charge in [-0.1, -0.05) is 19.1 Å². The molecule has 0 aliphatic carbocycles. The van der Waals surface area contributed by atoms with Gasteiger partial charge in [-0.25, -0.2) is 4.98 Å². The first-order valence-corrected chi connectivity index (χ1v) is 8.42.